The van der Waals surface area contributed by atoms with E-state index in [1.54, 1.807) is 18.6 Å². The van der Waals surface area contributed by atoms with E-state index < -0.39 is 0 Å². The third-order valence-corrected chi connectivity index (χ3v) is 5.20. The van der Waals surface area contributed by atoms with Gasteiger partial charge >= 0.3 is 0 Å². The van der Waals surface area contributed by atoms with Crippen LogP contribution in [0.1, 0.15) is 27.6 Å². The first-order valence-electron chi connectivity index (χ1n) is 9.23. The quantitative estimate of drug-likeness (QED) is 0.525. The predicted molar refractivity (Wildman–Crippen MR) is 115 cm³/mol. The minimum absolute atomic E-state index is 0.323. The maximum Gasteiger partial charge on any atom is 0.276 e. The number of aromatic nitrogens is 5. The summed E-state index contributed by atoms with van der Waals surface area (Å²) >= 11 is 1.40. The molecule has 0 atom stereocenters. The molecule has 0 fully saturated rings. The Hall–Kier alpha value is -3.59. The Kier molecular flexibility index (Phi) is 5.28. The van der Waals surface area contributed by atoms with Crippen LogP contribution < -0.4 is 10.1 Å². The zero-order chi connectivity index (χ0) is 21.3. The molecule has 0 aliphatic carbocycles. The highest BCUT2D eigenvalue weighted by atomic mass is 32.1. The SMILES string of the molecule is COc1ccc(-c2nc(C(=O)Nc3cc(C)nn3-c3nc(C)cc(C)n3)cs2)cc1. The van der Waals surface area contributed by atoms with Gasteiger partial charge in [-0.2, -0.15) is 9.78 Å². The van der Waals surface area contributed by atoms with Crippen molar-refractivity contribution in [3.63, 3.8) is 0 Å². The summed E-state index contributed by atoms with van der Waals surface area (Å²) < 4.78 is 6.71. The number of thiazole rings is 1. The molecule has 3 aromatic heterocycles. The molecule has 0 bridgehead atoms. The van der Waals surface area contributed by atoms with E-state index >= 15 is 0 Å². The second-order valence-corrected chi connectivity index (χ2v) is 7.61. The lowest BCUT2D eigenvalue weighted by molar-refractivity contribution is 0.102. The molecular formula is C21H20N6O2S. The van der Waals surface area contributed by atoms with Gasteiger partial charge in [0.2, 0.25) is 0 Å². The van der Waals surface area contributed by atoms with Gasteiger partial charge in [-0.05, 0) is 51.1 Å². The average molecular weight is 420 g/mol. The van der Waals surface area contributed by atoms with Gasteiger partial charge in [-0.25, -0.2) is 15.0 Å². The van der Waals surface area contributed by atoms with Gasteiger partial charge in [-0.3, -0.25) is 4.79 Å². The van der Waals surface area contributed by atoms with E-state index in [2.05, 4.69) is 25.4 Å². The molecule has 0 radical (unpaired) electrons. The summed E-state index contributed by atoms with van der Waals surface area (Å²) in [6, 6.07) is 11.2. The molecule has 0 unspecified atom stereocenters. The second-order valence-electron chi connectivity index (χ2n) is 6.75. The lowest BCUT2D eigenvalue weighted by Gasteiger charge is -2.08. The molecule has 0 saturated heterocycles. The lowest BCUT2D eigenvalue weighted by atomic mass is 10.2. The zero-order valence-electron chi connectivity index (χ0n) is 17.0. The Morgan fingerprint density at radius 1 is 1.00 bits per heavy atom. The van der Waals surface area contributed by atoms with Crippen molar-refractivity contribution in [2.45, 2.75) is 20.8 Å². The number of aryl methyl sites for hydroxylation is 3. The minimum Gasteiger partial charge on any atom is -0.497 e. The van der Waals surface area contributed by atoms with Crippen LogP contribution in [-0.2, 0) is 0 Å². The van der Waals surface area contributed by atoms with Crippen molar-refractivity contribution in [1.82, 2.24) is 24.7 Å². The maximum absolute atomic E-state index is 12.8. The Morgan fingerprint density at radius 2 is 1.70 bits per heavy atom. The maximum atomic E-state index is 12.8. The number of nitrogens with zero attached hydrogens (tertiary/aromatic N) is 5. The van der Waals surface area contributed by atoms with Crippen molar-refractivity contribution >= 4 is 23.1 Å². The number of benzene rings is 1. The van der Waals surface area contributed by atoms with E-state index in [1.165, 1.54) is 16.0 Å². The third-order valence-electron chi connectivity index (χ3n) is 4.31. The van der Waals surface area contributed by atoms with Crippen molar-refractivity contribution < 1.29 is 9.53 Å². The Balaban J connectivity index is 1.58. The Labute approximate surface area is 177 Å². The fraction of sp³-hybridized carbons (Fsp3) is 0.190. The monoisotopic (exact) mass is 420 g/mol. The molecular weight excluding hydrogens is 400 g/mol. The van der Waals surface area contributed by atoms with Crippen LogP contribution in [-0.4, -0.2) is 37.7 Å². The number of methoxy groups -OCH3 is 1. The highest BCUT2D eigenvalue weighted by Crippen LogP contribution is 2.26. The summed E-state index contributed by atoms with van der Waals surface area (Å²) in [5.74, 6) is 1.34. The molecule has 0 aliphatic rings. The van der Waals surface area contributed by atoms with Crippen molar-refractivity contribution in [2.75, 3.05) is 12.4 Å². The number of rotatable bonds is 5. The van der Waals surface area contributed by atoms with Crippen LogP contribution >= 0.6 is 11.3 Å². The van der Waals surface area contributed by atoms with Gasteiger partial charge in [0, 0.05) is 28.4 Å². The first-order chi connectivity index (χ1) is 14.4. The van der Waals surface area contributed by atoms with Gasteiger partial charge in [-0.15, -0.1) is 11.3 Å². The number of ether oxygens (including phenoxy) is 1. The van der Waals surface area contributed by atoms with Crippen LogP contribution in [0.5, 0.6) is 5.75 Å². The molecule has 4 aromatic rings. The Morgan fingerprint density at radius 3 is 2.37 bits per heavy atom. The smallest absolute Gasteiger partial charge is 0.276 e. The van der Waals surface area contributed by atoms with Gasteiger partial charge in [-0.1, -0.05) is 0 Å². The van der Waals surface area contributed by atoms with Crippen molar-refractivity contribution in [3.05, 3.63) is 64.6 Å². The van der Waals surface area contributed by atoms with Crippen LogP contribution in [0.3, 0.4) is 0 Å². The highest BCUT2D eigenvalue weighted by Gasteiger charge is 2.17. The van der Waals surface area contributed by atoms with Crippen molar-refractivity contribution in [3.8, 4) is 22.3 Å². The fourth-order valence-corrected chi connectivity index (χ4v) is 3.77. The van der Waals surface area contributed by atoms with Gasteiger partial charge in [0.05, 0.1) is 12.8 Å². The number of amides is 1. The summed E-state index contributed by atoms with van der Waals surface area (Å²) in [6.45, 7) is 5.63. The highest BCUT2D eigenvalue weighted by molar-refractivity contribution is 7.13. The van der Waals surface area contributed by atoms with Gasteiger partial charge < -0.3 is 10.1 Å². The molecule has 152 valence electrons. The predicted octanol–water partition coefficient (Wildman–Crippen LogP) is 3.97. The number of carbonyl (C=O) groups excluding carboxylic acids is 1. The number of nitrogens with one attached hydrogen (secondary N) is 1. The standard InChI is InChI=1S/C21H20N6O2S/c1-12-9-13(2)23-21(22-12)27-18(10-14(3)26-27)25-19(28)17-11-30-20(24-17)15-5-7-16(29-4)8-6-15/h5-11H,1-4H3,(H,25,28). The summed E-state index contributed by atoms with van der Waals surface area (Å²) in [6.07, 6.45) is 0. The van der Waals surface area contributed by atoms with Crippen molar-refractivity contribution in [2.24, 2.45) is 0 Å². The van der Waals surface area contributed by atoms with Crippen LogP contribution in [0.2, 0.25) is 0 Å². The molecule has 0 saturated carbocycles. The zero-order valence-corrected chi connectivity index (χ0v) is 17.8. The van der Waals surface area contributed by atoms with Crippen molar-refractivity contribution in [1.29, 1.82) is 0 Å². The van der Waals surface area contributed by atoms with Gasteiger partial charge in [0.1, 0.15) is 22.3 Å². The molecule has 8 nitrogen and oxygen atoms in total. The van der Waals surface area contributed by atoms with Gasteiger partial charge in [0.25, 0.3) is 11.9 Å². The minimum atomic E-state index is -0.323. The molecule has 0 aliphatic heterocycles. The summed E-state index contributed by atoms with van der Waals surface area (Å²) in [5, 5.41) is 9.79. The Bertz CT molecular complexity index is 1190. The molecule has 1 aromatic carbocycles. The van der Waals surface area contributed by atoms with E-state index in [-0.39, 0.29) is 5.91 Å². The first kappa shape index (κ1) is 19.7. The van der Waals surface area contributed by atoms with Crippen LogP contribution in [0, 0.1) is 20.8 Å². The van der Waals surface area contributed by atoms with Crippen LogP contribution in [0.25, 0.3) is 16.5 Å². The molecule has 0 spiro atoms. The second kappa shape index (κ2) is 8.03. The number of carbonyl (C=O) groups is 1. The molecule has 30 heavy (non-hydrogen) atoms. The molecule has 9 heteroatoms. The normalized spacial score (nSPS) is 10.8. The third kappa shape index (κ3) is 4.06. The fourth-order valence-electron chi connectivity index (χ4n) is 2.97. The van der Waals surface area contributed by atoms with E-state index in [9.17, 15) is 4.79 Å². The molecule has 1 amide bonds. The molecule has 4 rings (SSSR count). The topological polar surface area (TPSA) is 94.8 Å². The van der Waals surface area contributed by atoms with Gasteiger partial charge in [0.15, 0.2) is 0 Å². The summed E-state index contributed by atoms with van der Waals surface area (Å²) in [4.78, 5) is 26.2. The van der Waals surface area contributed by atoms with Crippen LogP contribution in [0.4, 0.5) is 5.82 Å². The summed E-state index contributed by atoms with van der Waals surface area (Å²) in [7, 11) is 1.62. The van der Waals surface area contributed by atoms with E-state index in [0.29, 0.717) is 17.5 Å². The number of hydrogen-bond acceptors (Lipinski definition) is 7. The first-order valence-corrected chi connectivity index (χ1v) is 10.1. The lowest BCUT2D eigenvalue weighted by Crippen LogP contribution is -2.17. The number of hydrogen-bond donors (Lipinski definition) is 1. The largest absolute Gasteiger partial charge is 0.497 e. The average Bonchev–Trinajstić information content (AvgIpc) is 3.34. The summed E-state index contributed by atoms with van der Waals surface area (Å²) in [5.41, 5.74) is 3.64. The van der Waals surface area contributed by atoms with E-state index in [1.807, 2.05) is 51.1 Å². The van der Waals surface area contributed by atoms with E-state index in [0.717, 1.165) is 33.4 Å². The molecule has 1 N–H and O–H groups in total. The van der Waals surface area contributed by atoms with Crippen LogP contribution in [0.15, 0.2) is 41.8 Å². The molecule has 3 heterocycles. The number of anilines is 1. The van der Waals surface area contributed by atoms with E-state index in [4.69, 9.17) is 4.74 Å².